The van der Waals surface area contributed by atoms with E-state index in [-0.39, 0.29) is 5.41 Å². The Labute approximate surface area is 344 Å². The van der Waals surface area contributed by atoms with E-state index < -0.39 is 5.41 Å². The van der Waals surface area contributed by atoms with Gasteiger partial charge in [0.25, 0.3) is 0 Å². The van der Waals surface area contributed by atoms with Crippen LogP contribution in [0.15, 0.2) is 210 Å². The van der Waals surface area contributed by atoms with E-state index in [0.717, 1.165) is 11.4 Å². The fourth-order valence-corrected chi connectivity index (χ4v) is 11.8. The highest BCUT2D eigenvalue weighted by Crippen LogP contribution is 2.66. The smallest absolute Gasteiger partial charge is 0.0762 e. The average Bonchev–Trinajstić information content (AvgIpc) is 3.69. The van der Waals surface area contributed by atoms with Crippen LogP contribution in [0.25, 0.3) is 44.2 Å². The maximum Gasteiger partial charge on any atom is 0.0762 e. The lowest BCUT2D eigenvalue weighted by atomic mass is 9.65. The minimum atomic E-state index is -0.574. The van der Waals surface area contributed by atoms with E-state index in [2.05, 4.69) is 219 Å². The third-order valence-corrected chi connectivity index (χ3v) is 14.2. The van der Waals surface area contributed by atoms with Crippen molar-refractivity contribution in [1.82, 2.24) is 0 Å². The molecule has 3 aliphatic rings. The van der Waals surface area contributed by atoms with Gasteiger partial charge in [-0.15, -0.1) is 0 Å². The number of hydrogen-bond donors (Lipinski definition) is 0. The minimum absolute atomic E-state index is 0.140. The topological polar surface area (TPSA) is 3.24 Å². The van der Waals surface area contributed by atoms with Crippen LogP contribution >= 0.6 is 11.8 Å². The molecule has 9 aromatic rings. The zero-order valence-corrected chi connectivity index (χ0v) is 33.2. The molecule has 0 saturated carbocycles. The molecule has 0 unspecified atom stereocenters. The van der Waals surface area contributed by atoms with E-state index in [1.54, 1.807) is 0 Å². The van der Waals surface area contributed by atoms with Crippen molar-refractivity contribution < 1.29 is 0 Å². The van der Waals surface area contributed by atoms with Gasteiger partial charge in [0.05, 0.1) is 11.1 Å². The summed E-state index contributed by atoms with van der Waals surface area (Å²) in [6.07, 6.45) is 0. The Morgan fingerprint density at radius 3 is 1.71 bits per heavy atom. The van der Waals surface area contributed by atoms with Gasteiger partial charge in [-0.2, -0.15) is 0 Å². The Morgan fingerprint density at radius 2 is 0.966 bits per heavy atom. The number of fused-ring (bicyclic) bond motifs is 14. The SMILES string of the molecule is CC1(C)c2ccccc2-c2ccc(N(c3ccc(-c4ccccc4)cc3)c3cccc4c3C3(c5ccccc5-c5ccccc53)c3c(ccc5ccccc35)S4)cc21. The Hall–Kier alpha value is -6.61. The van der Waals surface area contributed by atoms with E-state index in [1.807, 2.05) is 11.8 Å². The van der Waals surface area contributed by atoms with E-state index in [4.69, 9.17) is 0 Å². The molecule has 0 radical (unpaired) electrons. The quantitative estimate of drug-likeness (QED) is 0.176. The molecule has 1 heterocycles. The highest BCUT2D eigenvalue weighted by atomic mass is 32.2. The van der Waals surface area contributed by atoms with Crippen molar-refractivity contribution in [2.75, 3.05) is 4.90 Å². The summed E-state index contributed by atoms with van der Waals surface area (Å²) >= 11 is 1.91. The van der Waals surface area contributed by atoms with Gasteiger partial charge in [0.15, 0.2) is 0 Å². The largest absolute Gasteiger partial charge is 0.310 e. The molecule has 0 fully saturated rings. The van der Waals surface area contributed by atoms with Crippen molar-refractivity contribution >= 4 is 39.6 Å². The van der Waals surface area contributed by atoms with Crippen molar-refractivity contribution in [3.8, 4) is 33.4 Å². The number of rotatable bonds is 4. The van der Waals surface area contributed by atoms with Gasteiger partial charge in [-0.1, -0.05) is 183 Å². The van der Waals surface area contributed by atoms with Gasteiger partial charge in [0.2, 0.25) is 0 Å². The zero-order chi connectivity index (χ0) is 38.6. The summed E-state index contributed by atoms with van der Waals surface area (Å²) in [7, 11) is 0. The van der Waals surface area contributed by atoms with Crippen LogP contribution in [0.1, 0.15) is 47.2 Å². The van der Waals surface area contributed by atoms with Crippen molar-refractivity contribution in [2.24, 2.45) is 0 Å². The second kappa shape index (κ2) is 12.4. The lowest BCUT2D eigenvalue weighted by Gasteiger charge is -2.43. The fourth-order valence-electron chi connectivity index (χ4n) is 10.6. The Kier molecular flexibility index (Phi) is 7.19. The Bertz CT molecular complexity index is 3080. The average molecular weight is 758 g/mol. The molecule has 9 aromatic carbocycles. The van der Waals surface area contributed by atoms with Gasteiger partial charge in [-0.3, -0.25) is 0 Å². The summed E-state index contributed by atoms with van der Waals surface area (Å²) in [5.41, 5.74) is 18.6. The standard InChI is InChI=1S/C56H39NS/c1-55(2)46-22-11-8-19-42(46)45-33-32-40(35-49(45)55)57(39-30-27-37(28-31-39)36-15-4-3-5-16-36)50-25-14-26-51-54(50)56(53-41-18-7-6-17-38(41)29-34-52(53)58-51)47-23-12-9-20-43(47)44-21-10-13-24-48(44)56/h3-35H,1-2H3. The first-order valence-corrected chi connectivity index (χ1v) is 21.1. The van der Waals surface area contributed by atoms with Gasteiger partial charge >= 0.3 is 0 Å². The molecule has 1 spiro atoms. The molecular weight excluding hydrogens is 719 g/mol. The second-order valence-electron chi connectivity index (χ2n) is 16.4. The van der Waals surface area contributed by atoms with Crippen molar-refractivity contribution in [2.45, 2.75) is 34.5 Å². The van der Waals surface area contributed by atoms with E-state index in [9.17, 15) is 0 Å². The molecule has 0 atom stereocenters. The summed E-state index contributed by atoms with van der Waals surface area (Å²) < 4.78 is 0. The Balaban J connectivity index is 1.18. The summed E-state index contributed by atoms with van der Waals surface area (Å²) in [6.45, 7) is 4.76. The number of benzene rings is 9. The van der Waals surface area contributed by atoms with Gasteiger partial charge < -0.3 is 4.90 Å². The predicted octanol–water partition coefficient (Wildman–Crippen LogP) is 15.1. The van der Waals surface area contributed by atoms with Gasteiger partial charge in [-0.25, -0.2) is 0 Å². The fraction of sp³-hybridized carbons (Fsp3) is 0.0714. The first-order valence-electron chi connectivity index (χ1n) is 20.3. The van der Waals surface area contributed by atoms with Crippen molar-refractivity contribution in [3.05, 3.63) is 234 Å². The molecule has 274 valence electrons. The molecule has 1 aliphatic heterocycles. The Morgan fingerprint density at radius 1 is 0.397 bits per heavy atom. The van der Waals surface area contributed by atoms with Crippen molar-refractivity contribution in [1.29, 1.82) is 0 Å². The van der Waals surface area contributed by atoms with Crippen LogP contribution in [0.2, 0.25) is 0 Å². The maximum absolute atomic E-state index is 2.55. The van der Waals surface area contributed by atoms with Gasteiger partial charge in [0.1, 0.15) is 0 Å². The third kappa shape index (κ3) is 4.55. The maximum atomic E-state index is 2.55. The van der Waals surface area contributed by atoms with Gasteiger partial charge in [-0.05, 0) is 114 Å². The highest BCUT2D eigenvalue weighted by Gasteiger charge is 2.52. The van der Waals surface area contributed by atoms with E-state index in [0.29, 0.717) is 0 Å². The summed E-state index contributed by atoms with van der Waals surface area (Å²) in [5, 5.41) is 2.56. The molecule has 1 nitrogen and oxygen atoms in total. The van der Waals surface area contributed by atoms with Gasteiger partial charge in [0, 0.05) is 32.1 Å². The van der Waals surface area contributed by atoms with Crippen LogP contribution in [-0.4, -0.2) is 0 Å². The molecule has 2 heteroatoms. The van der Waals surface area contributed by atoms with Crippen LogP contribution in [0.5, 0.6) is 0 Å². The highest BCUT2D eigenvalue weighted by molar-refractivity contribution is 7.99. The third-order valence-electron chi connectivity index (χ3n) is 13.1. The lowest BCUT2D eigenvalue weighted by Crippen LogP contribution is -2.34. The molecule has 58 heavy (non-hydrogen) atoms. The van der Waals surface area contributed by atoms with Crippen LogP contribution in [0.4, 0.5) is 17.1 Å². The molecule has 2 aliphatic carbocycles. The zero-order valence-electron chi connectivity index (χ0n) is 32.4. The normalized spacial score (nSPS) is 14.6. The molecule has 0 aromatic heterocycles. The summed E-state index contributed by atoms with van der Waals surface area (Å²) in [4.78, 5) is 5.15. The number of nitrogens with zero attached hydrogens (tertiary/aromatic N) is 1. The molecular formula is C56H39NS. The van der Waals surface area contributed by atoms with Crippen LogP contribution in [-0.2, 0) is 10.8 Å². The predicted molar refractivity (Wildman–Crippen MR) is 243 cm³/mol. The first-order chi connectivity index (χ1) is 28.5. The lowest BCUT2D eigenvalue weighted by molar-refractivity contribution is 0.660. The molecule has 12 rings (SSSR count). The number of hydrogen-bond acceptors (Lipinski definition) is 2. The summed E-state index contributed by atoms with van der Waals surface area (Å²) in [5.74, 6) is 0. The van der Waals surface area contributed by atoms with Crippen LogP contribution in [0.3, 0.4) is 0 Å². The number of anilines is 3. The summed E-state index contributed by atoms with van der Waals surface area (Å²) in [6, 6.07) is 75.0. The molecule has 0 bridgehead atoms. The van der Waals surface area contributed by atoms with Crippen LogP contribution in [0, 0.1) is 0 Å². The van der Waals surface area contributed by atoms with E-state index >= 15 is 0 Å². The monoisotopic (exact) mass is 757 g/mol. The van der Waals surface area contributed by atoms with Crippen molar-refractivity contribution in [3.63, 3.8) is 0 Å². The van der Waals surface area contributed by atoms with E-state index in [1.165, 1.54) is 93.0 Å². The van der Waals surface area contributed by atoms with Crippen LogP contribution < -0.4 is 4.90 Å². The molecule has 0 amide bonds. The minimum Gasteiger partial charge on any atom is -0.310 e. The second-order valence-corrected chi connectivity index (χ2v) is 17.5. The molecule has 0 saturated heterocycles. The molecule has 0 N–H and O–H groups in total. The first kappa shape index (κ1) is 33.5.